The summed E-state index contributed by atoms with van der Waals surface area (Å²) < 4.78 is 0. The molecule has 136 valence electrons. The van der Waals surface area contributed by atoms with Crippen LogP contribution in [0.2, 0.25) is 0 Å². The van der Waals surface area contributed by atoms with Crippen LogP contribution in [0.25, 0.3) is 0 Å². The van der Waals surface area contributed by atoms with E-state index >= 15 is 0 Å². The van der Waals surface area contributed by atoms with Crippen LogP contribution in [0.1, 0.15) is 61.4 Å². The highest BCUT2D eigenvalue weighted by molar-refractivity contribution is 5.94. The van der Waals surface area contributed by atoms with Gasteiger partial charge >= 0.3 is 0 Å². The number of ketones is 1. The van der Waals surface area contributed by atoms with E-state index in [4.69, 9.17) is 0 Å². The first-order chi connectivity index (χ1) is 12.1. The molecule has 0 aliphatic carbocycles. The Morgan fingerprint density at radius 3 is 2.68 bits per heavy atom. The van der Waals surface area contributed by atoms with E-state index < -0.39 is 0 Å². The van der Waals surface area contributed by atoms with Crippen molar-refractivity contribution in [3.05, 3.63) is 35.4 Å². The zero-order chi connectivity index (χ0) is 17.6. The SMILES string of the molecule is CC(=O)c1cccc(CN2CCCC(CCC(=O)N3CCCC3)C2)c1. The third-order valence-electron chi connectivity index (χ3n) is 5.57. The fourth-order valence-electron chi connectivity index (χ4n) is 4.13. The standard InChI is InChI=1S/C21H30N2O2/c1-17(24)20-8-4-6-19(14-20)16-22-11-5-7-18(15-22)9-10-21(25)23-12-2-3-13-23/h4,6,8,14,18H,2-3,5,7,9-13,15-16H2,1H3. The van der Waals surface area contributed by atoms with Crippen molar-refractivity contribution in [3.63, 3.8) is 0 Å². The lowest BCUT2D eigenvalue weighted by molar-refractivity contribution is -0.130. The summed E-state index contributed by atoms with van der Waals surface area (Å²) in [5, 5.41) is 0. The quantitative estimate of drug-likeness (QED) is 0.743. The number of rotatable bonds is 6. The van der Waals surface area contributed by atoms with Crippen molar-refractivity contribution in [2.75, 3.05) is 26.2 Å². The Morgan fingerprint density at radius 1 is 1.12 bits per heavy atom. The first-order valence-corrected chi connectivity index (χ1v) is 9.72. The average molecular weight is 342 g/mol. The van der Waals surface area contributed by atoms with E-state index in [1.165, 1.54) is 31.2 Å². The van der Waals surface area contributed by atoms with Gasteiger partial charge in [-0.2, -0.15) is 0 Å². The molecule has 0 N–H and O–H groups in total. The molecule has 0 radical (unpaired) electrons. The normalized spacial score (nSPS) is 21.5. The van der Waals surface area contributed by atoms with Crippen LogP contribution in [0.15, 0.2) is 24.3 Å². The minimum Gasteiger partial charge on any atom is -0.343 e. The number of amides is 1. The predicted octanol–water partition coefficient (Wildman–Crippen LogP) is 3.50. The summed E-state index contributed by atoms with van der Waals surface area (Å²) in [5.74, 6) is 1.10. The lowest BCUT2D eigenvalue weighted by Gasteiger charge is -2.33. The van der Waals surface area contributed by atoms with E-state index in [9.17, 15) is 9.59 Å². The first-order valence-electron chi connectivity index (χ1n) is 9.72. The molecular formula is C21H30N2O2. The Balaban J connectivity index is 1.48. The second-order valence-corrected chi connectivity index (χ2v) is 7.63. The number of likely N-dealkylation sites (tertiary alicyclic amines) is 2. The van der Waals surface area contributed by atoms with Gasteiger partial charge in [0.05, 0.1) is 0 Å². The maximum absolute atomic E-state index is 12.2. The van der Waals surface area contributed by atoms with Crippen LogP contribution in [0, 0.1) is 5.92 Å². The van der Waals surface area contributed by atoms with Crippen molar-refractivity contribution >= 4 is 11.7 Å². The zero-order valence-electron chi connectivity index (χ0n) is 15.4. The molecule has 0 spiro atoms. The predicted molar refractivity (Wildman–Crippen MR) is 99.5 cm³/mol. The zero-order valence-corrected chi connectivity index (χ0v) is 15.4. The molecule has 1 aromatic carbocycles. The highest BCUT2D eigenvalue weighted by Crippen LogP contribution is 2.23. The molecule has 1 amide bonds. The highest BCUT2D eigenvalue weighted by Gasteiger charge is 2.23. The van der Waals surface area contributed by atoms with E-state index in [1.807, 2.05) is 23.1 Å². The third kappa shape index (κ3) is 5.15. The Morgan fingerprint density at radius 2 is 1.92 bits per heavy atom. The summed E-state index contributed by atoms with van der Waals surface area (Å²) >= 11 is 0. The minimum absolute atomic E-state index is 0.124. The molecule has 3 rings (SSSR count). The molecular weight excluding hydrogens is 312 g/mol. The average Bonchev–Trinajstić information content (AvgIpc) is 3.15. The van der Waals surface area contributed by atoms with Crippen molar-refractivity contribution in [3.8, 4) is 0 Å². The summed E-state index contributed by atoms with van der Waals surface area (Å²) in [6.45, 7) is 6.62. The Kier molecular flexibility index (Phi) is 6.24. The number of nitrogens with zero attached hydrogens (tertiary/aromatic N) is 2. The number of hydrogen-bond acceptors (Lipinski definition) is 3. The fraction of sp³-hybridized carbons (Fsp3) is 0.619. The van der Waals surface area contributed by atoms with Gasteiger partial charge in [-0.05, 0) is 63.1 Å². The van der Waals surface area contributed by atoms with Gasteiger partial charge in [0.2, 0.25) is 5.91 Å². The van der Waals surface area contributed by atoms with Gasteiger partial charge in [0.15, 0.2) is 5.78 Å². The fourth-order valence-corrected chi connectivity index (χ4v) is 4.13. The molecule has 0 saturated carbocycles. The van der Waals surface area contributed by atoms with Gasteiger partial charge in [-0.1, -0.05) is 18.2 Å². The molecule has 2 fully saturated rings. The van der Waals surface area contributed by atoms with Gasteiger partial charge in [-0.15, -0.1) is 0 Å². The molecule has 2 saturated heterocycles. The third-order valence-corrected chi connectivity index (χ3v) is 5.57. The Labute approximate surface area is 151 Å². The van der Waals surface area contributed by atoms with Crippen LogP contribution < -0.4 is 0 Å². The molecule has 0 bridgehead atoms. The number of piperidine rings is 1. The molecule has 2 aliphatic heterocycles. The van der Waals surface area contributed by atoms with Gasteiger partial charge in [-0.25, -0.2) is 0 Å². The number of carbonyl (C=O) groups excluding carboxylic acids is 2. The van der Waals surface area contributed by atoms with Crippen molar-refractivity contribution in [1.82, 2.24) is 9.80 Å². The second-order valence-electron chi connectivity index (χ2n) is 7.63. The second kappa shape index (κ2) is 8.61. The molecule has 2 aliphatic rings. The maximum Gasteiger partial charge on any atom is 0.222 e. The van der Waals surface area contributed by atoms with E-state index in [2.05, 4.69) is 11.0 Å². The highest BCUT2D eigenvalue weighted by atomic mass is 16.2. The molecule has 2 heterocycles. The van der Waals surface area contributed by atoms with Gasteiger partial charge < -0.3 is 4.90 Å². The van der Waals surface area contributed by atoms with Gasteiger partial charge in [-0.3, -0.25) is 14.5 Å². The molecule has 25 heavy (non-hydrogen) atoms. The molecule has 1 aromatic rings. The van der Waals surface area contributed by atoms with Gasteiger partial charge in [0.1, 0.15) is 0 Å². The van der Waals surface area contributed by atoms with E-state index in [0.717, 1.165) is 44.7 Å². The van der Waals surface area contributed by atoms with Gasteiger partial charge in [0.25, 0.3) is 0 Å². The van der Waals surface area contributed by atoms with E-state index in [0.29, 0.717) is 18.2 Å². The van der Waals surface area contributed by atoms with Gasteiger partial charge in [0, 0.05) is 38.2 Å². The van der Waals surface area contributed by atoms with Crippen LogP contribution >= 0.6 is 0 Å². The van der Waals surface area contributed by atoms with Crippen LogP contribution in [-0.4, -0.2) is 47.7 Å². The molecule has 0 aromatic heterocycles. The summed E-state index contributed by atoms with van der Waals surface area (Å²) in [5.41, 5.74) is 2.00. The summed E-state index contributed by atoms with van der Waals surface area (Å²) in [6.07, 6.45) is 6.49. The summed E-state index contributed by atoms with van der Waals surface area (Å²) in [6, 6.07) is 7.98. The molecule has 1 atom stereocenters. The van der Waals surface area contributed by atoms with E-state index in [1.54, 1.807) is 6.92 Å². The van der Waals surface area contributed by atoms with Crippen molar-refractivity contribution in [1.29, 1.82) is 0 Å². The number of hydrogen-bond donors (Lipinski definition) is 0. The molecule has 4 heteroatoms. The Hall–Kier alpha value is -1.68. The summed E-state index contributed by atoms with van der Waals surface area (Å²) in [4.78, 5) is 28.3. The number of Topliss-reactive ketones (excluding diaryl/α,β-unsaturated/α-hetero) is 1. The van der Waals surface area contributed by atoms with Crippen LogP contribution in [0.4, 0.5) is 0 Å². The maximum atomic E-state index is 12.2. The lowest BCUT2D eigenvalue weighted by Crippen LogP contribution is -2.36. The number of benzene rings is 1. The monoisotopic (exact) mass is 342 g/mol. The van der Waals surface area contributed by atoms with Crippen molar-refractivity contribution < 1.29 is 9.59 Å². The topological polar surface area (TPSA) is 40.6 Å². The molecule has 4 nitrogen and oxygen atoms in total. The van der Waals surface area contributed by atoms with Crippen LogP contribution in [-0.2, 0) is 11.3 Å². The summed E-state index contributed by atoms with van der Waals surface area (Å²) in [7, 11) is 0. The lowest BCUT2D eigenvalue weighted by atomic mass is 9.92. The largest absolute Gasteiger partial charge is 0.343 e. The first kappa shape index (κ1) is 18.1. The van der Waals surface area contributed by atoms with Crippen molar-refractivity contribution in [2.45, 2.75) is 52.0 Å². The number of carbonyl (C=O) groups is 2. The van der Waals surface area contributed by atoms with Crippen LogP contribution in [0.5, 0.6) is 0 Å². The van der Waals surface area contributed by atoms with Crippen LogP contribution in [0.3, 0.4) is 0 Å². The molecule has 1 unspecified atom stereocenters. The Bertz CT molecular complexity index is 608. The smallest absolute Gasteiger partial charge is 0.222 e. The van der Waals surface area contributed by atoms with Crippen molar-refractivity contribution in [2.24, 2.45) is 5.92 Å². The van der Waals surface area contributed by atoms with E-state index in [-0.39, 0.29) is 5.78 Å². The minimum atomic E-state index is 0.124.